The smallest absolute Gasteiger partial charge is 0.310 e. The zero-order valence-electron chi connectivity index (χ0n) is 18.7. The lowest BCUT2D eigenvalue weighted by Crippen LogP contribution is -2.41. The monoisotopic (exact) mass is 481 g/mol. The lowest BCUT2D eigenvalue weighted by molar-refractivity contribution is -0.154. The van der Waals surface area contributed by atoms with Crippen molar-refractivity contribution in [2.75, 3.05) is 20.2 Å². The molecule has 3 aromatic rings. The number of halogens is 2. The summed E-state index contributed by atoms with van der Waals surface area (Å²) in [7, 11) is 1.50. The van der Waals surface area contributed by atoms with Crippen molar-refractivity contribution in [3.63, 3.8) is 0 Å². The Bertz CT molecular complexity index is 1160. The maximum absolute atomic E-state index is 13.9. The summed E-state index contributed by atoms with van der Waals surface area (Å²) in [6.07, 6.45) is 0.232. The van der Waals surface area contributed by atoms with Gasteiger partial charge in [0.05, 0.1) is 18.6 Å². The number of nitrogens with zero attached hydrogens (tertiary/aromatic N) is 1. The van der Waals surface area contributed by atoms with E-state index in [1.165, 1.54) is 19.2 Å². The van der Waals surface area contributed by atoms with E-state index in [-0.39, 0.29) is 17.8 Å². The Morgan fingerprint density at radius 3 is 2.35 bits per heavy atom. The zero-order valence-corrected chi connectivity index (χ0v) is 19.5. The molecule has 0 aliphatic carbocycles. The summed E-state index contributed by atoms with van der Waals surface area (Å²) in [6, 6.07) is 20.3. The minimum atomic E-state index is -0.709. The van der Waals surface area contributed by atoms with E-state index in [0.29, 0.717) is 47.8 Å². The van der Waals surface area contributed by atoms with Crippen molar-refractivity contribution in [3.8, 4) is 5.75 Å². The Kier molecular flexibility index (Phi) is 7.48. The molecule has 0 bridgehead atoms. The predicted octanol–water partition coefficient (Wildman–Crippen LogP) is 5.67. The number of ether oxygens (including phenoxy) is 2. The highest BCUT2D eigenvalue weighted by Crippen LogP contribution is 2.31. The second-order valence-corrected chi connectivity index (χ2v) is 8.63. The number of hydrogen-bond acceptors (Lipinski definition) is 4. The molecule has 1 amide bonds. The molecule has 0 aromatic heterocycles. The summed E-state index contributed by atoms with van der Waals surface area (Å²) >= 11 is 6.07. The first-order valence-corrected chi connectivity index (χ1v) is 11.5. The molecular formula is C27H25ClFNO4. The van der Waals surface area contributed by atoms with Crippen LogP contribution in [-0.2, 0) is 9.53 Å². The SMILES string of the molecule is COc1ccc(Cl)cc1C(=O)N1CCC(C(=O)OC(c2ccccc2)c2cccc(F)c2)CC1. The molecule has 0 spiro atoms. The fourth-order valence-corrected chi connectivity index (χ4v) is 4.35. The van der Waals surface area contributed by atoms with E-state index in [1.54, 1.807) is 35.2 Å². The van der Waals surface area contributed by atoms with Crippen molar-refractivity contribution in [3.05, 3.63) is 100 Å². The molecule has 34 heavy (non-hydrogen) atoms. The molecule has 1 aliphatic rings. The van der Waals surface area contributed by atoms with E-state index in [1.807, 2.05) is 30.3 Å². The van der Waals surface area contributed by atoms with Crippen LogP contribution < -0.4 is 4.74 Å². The molecular weight excluding hydrogens is 457 g/mol. The van der Waals surface area contributed by atoms with Crippen LogP contribution >= 0.6 is 11.6 Å². The highest BCUT2D eigenvalue weighted by Gasteiger charge is 2.32. The maximum Gasteiger partial charge on any atom is 0.310 e. The fraction of sp³-hybridized carbons (Fsp3) is 0.259. The Morgan fingerprint density at radius 1 is 0.971 bits per heavy atom. The van der Waals surface area contributed by atoms with Gasteiger partial charge in [0.25, 0.3) is 5.91 Å². The van der Waals surface area contributed by atoms with E-state index in [9.17, 15) is 14.0 Å². The largest absolute Gasteiger partial charge is 0.496 e. The first-order valence-electron chi connectivity index (χ1n) is 11.1. The molecule has 1 atom stereocenters. The van der Waals surface area contributed by atoms with Gasteiger partial charge in [0.15, 0.2) is 6.10 Å². The van der Waals surface area contributed by atoms with Crippen LogP contribution in [-0.4, -0.2) is 37.0 Å². The van der Waals surface area contributed by atoms with Crippen molar-refractivity contribution in [2.45, 2.75) is 18.9 Å². The van der Waals surface area contributed by atoms with E-state index in [0.717, 1.165) is 5.56 Å². The number of rotatable bonds is 6. The van der Waals surface area contributed by atoms with Crippen molar-refractivity contribution < 1.29 is 23.5 Å². The van der Waals surface area contributed by atoms with Gasteiger partial charge in [-0.2, -0.15) is 0 Å². The fourth-order valence-electron chi connectivity index (χ4n) is 4.17. The highest BCUT2D eigenvalue weighted by atomic mass is 35.5. The Morgan fingerprint density at radius 2 is 1.68 bits per heavy atom. The van der Waals surface area contributed by atoms with Crippen LogP contribution in [0.5, 0.6) is 5.75 Å². The lowest BCUT2D eigenvalue weighted by Gasteiger charge is -2.32. The normalized spacial score (nSPS) is 15.0. The molecule has 176 valence electrons. The molecule has 0 N–H and O–H groups in total. The van der Waals surface area contributed by atoms with Gasteiger partial charge in [0, 0.05) is 18.1 Å². The van der Waals surface area contributed by atoms with Gasteiger partial charge in [-0.05, 0) is 54.3 Å². The molecule has 5 nitrogen and oxygen atoms in total. The van der Waals surface area contributed by atoms with Gasteiger partial charge in [-0.1, -0.05) is 54.1 Å². The summed E-state index contributed by atoms with van der Waals surface area (Å²) in [5.41, 5.74) is 1.73. The van der Waals surface area contributed by atoms with Crippen molar-refractivity contribution in [1.82, 2.24) is 4.90 Å². The van der Waals surface area contributed by atoms with Crippen molar-refractivity contribution in [2.24, 2.45) is 5.92 Å². The average Bonchev–Trinajstić information content (AvgIpc) is 2.87. The predicted molar refractivity (Wildman–Crippen MR) is 127 cm³/mol. The standard InChI is InChI=1S/C27H25ClFNO4/c1-33-24-11-10-21(28)17-23(24)26(31)30-14-12-19(13-15-30)27(32)34-25(18-6-3-2-4-7-18)20-8-5-9-22(29)16-20/h2-11,16-17,19,25H,12-15H2,1H3. The molecule has 7 heteroatoms. The van der Waals surface area contributed by atoms with Crippen molar-refractivity contribution in [1.29, 1.82) is 0 Å². The number of carbonyl (C=O) groups is 2. The van der Waals surface area contributed by atoms with Crippen LogP contribution in [0.25, 0.3) is 0 Å². The topological polar surface area (TPSA) is 55.8 Å². The molecule has 1 fully saturated rings. The summed E-state index contributed by atoms with van der Waals surface area (Å²) < 4.78 is 25.1. The van der Waals surface area contributed by atoms with Gasteiger partial charge in [-0.25, -0.2) is 4.39 Å². The van der Waals surface area contributed by atoms with E-state index >= 15 is 0 Å². The van der Waals surface area contributed by atoms with Crippen LogP contribution in [0.4, 0.5) is 4.39 Å². The Labute approximate surface area is 203 Å². The zero-order chi connectivity index (χ0) is 24.1. The number of benzene rings is 3. The number of amides is 1. The van der Waals surface area contributed by atoms with E-state index < -0.39 is 11.9 Å². The second kappa shape index (κ2) is 10.7. The van der Waals surface area contributed by atoms with Crippen LogP contribution in [0.15, 0.2) is 72.8 Å². The minimum absolute atomic E-state index is 0.187. The average molecular weight is 482 g/mol. The lowest BCUT2D eigenvalue weighted by atomic mass is 9.95. The number of esters is 1. The molecule has 1 heterocycles. The molecule has 0 radical (unpaired) electrons. The quantitative estimate of drug-likeness (QED) is 0.425. The van der Waals surface area contributed by atoms with Gasteiger partial charge in [-0.15, -0.1) is 0 Å². The van der Waals surface area contributed by atoms with Gasteiger partial charge in [-0.3, -0.25) is 9.59 Å². The molecule has 1 saturated heterocycles. The maximum atomic E-state index is 13.9. The molecule has 1 unspecified atom stereocenters. The number of carbonyl (C=O) groups excluding carboxylic acids is 2. The van der Waals surface area contributed by atoms with Crippen molar-refractivity contribution >= 4 is 23.5 Å². The molecule has 3 aromatic carbocycles. The third kappa shape index (κ3) is 5.39. The first kappa shape index (κ1) is 23.8. The Balaban J connectivity index is 1.44. The molecule has 0 saturated carbocycles. The minimum Gasteiger partial charge on any atom is -0.496 e. The summed E-state index contributed by atoms with van der Waals surface area (Å²) in [4.78, 5) is 27.8. The number of methoxy groups -OCH3 is 1. The second-order valence-electron chi connectivity index (χ2n) is 8.19. The third-order valence-corrected chi connectivity index (χ3v) is 6.23. The highest BCUT2D eigenvalue weighted by molar-refractivity contribution is 6.31. The molecule has 1 aliphatic heterocycles. The van der Waals surface area contributed by atoms with Gasteiger partial charge >= 0.3 is 5.97 Å². The van der Waals surface area contributed by atoms with Gasteiger partial charge < -0.3 is 14.4 Å². The van der Waals surface area contributed by atoms with E-state index in [4.69, 9.17) is 21.1 Å². The van der Waals surface area contributed by atoms with Crippen LogP contribution in [0.1, 0.15) is 40.4 Å². The third-order valence-electron chi connectivity index (χ3n) is 6.00. The molecule has 4 rings (SSSR count). The van der Waals surface area contributed by atoms with Gasteiger partial charge in [0.2, 0.25) is 0 Å². The van der Waals surface area contributed by atoms with Crippen LogP contribution in [0, 0.1) is 11.7 Å². The van der Waals surface area contributed by atoms with E-state index in [2.05, 4.69) is 0 Å². The van der Waals surface area contributed by atoms with Crippen LogP contribution in [0.2, 0.25) is 5.02 Å². The summed E-state index contributed by atoms with van der Waals surface area (Å²) in [5.74, 6) is -0.835. The number of likely N-dealkylation sites (tertiary alicyclic amines) is 1. The number of piperidine rings is 1. The number of hydrogen-bond donors (Lipinski definition) is 0. The van der Waals surface area contributed by atoms with Gasteiger partial charge in [0.1, 0.15) is 11.6 Å². The first-order chi connectivity index (χ1) is 16.5. The Hall–Kier alpha value is -3.38. The summed E-state index contributed by atoms with van der Waals surface area (Å²) in [5, 5.41) is 0.451. The summed E-state index contributed by atoms with van der Waals surface area (Å²) in [6.45, 7) is 0.814. The van der Waals surface area contributed by atoms with Crippen LogP contribution in [0.3, 0.4) is 0 Å².